The third-order valence-electron chi connectivity index (χ3n) is 6.58. The number of hydrogen-bond acceptors (Lipinski definition) is 6. The molecule has 0 aliphatic carbocycles. The second-order valence-corrected chi connectivity index (χ2v) is 15.0. The molecule has 269 valence electrons. The minimum absolute atomic E-state index is 0. The number of rotatable bonds is 7. The zero-order chi connectivity index (χ0) is 38.9. The number of anilines is 1. The Labute approximate surface area is 323 Å². The third-order valence-corrected chi connectivity index (χ3v) is 12.3. The summed E-state index contributed by atoms with van der Waals surface area (Å²) in [5.74, 6) is 0.913. The van der Waals surface area contributed by atoms with Gasteiger partial charge in [-0.3, -0.25) is 4.90 Å². The molecule has 1 radical (unpaired) electrons. The number of halogens is 1. The summed E-state index contributed by atoms with van der Waals surface area (Å²) in [4.78, 5) is 2.29. The molecule has 5 aromatic carbocycles. The molecule has 53 heavy (non-hydrogen) atoms. The van der Waals surface area contributed by atoms with E-state index in [-0.39, 0.29) is 17.1 Å². The fourth-order valence-electron chi connectivity index (χ4n) is 4.84. The van der Waals surface area contributed by atoms with Gasteiger partial charge >= 0.3 is 45.2 Å². The molecular weight excluding hydrogens is 779 g/mol. The number of allylic oxidation sites excluding steroid dienone is 1. The fraction of sp³-hybridized carbons (Fsp3) is 0.0256. The van der Waals surface area contributed by atoms with Gasteiger partial charge in [0.05, 0.1) is 10.8 Å². The van der Waals surface area contributed by atoms with E-state index in [2.05, 4.69) is 190 Å². The first-order valence-electron chi connectivity index (χ1n) is 14.5. The standard InChI is InChI=1S/C35H29NOP2.4CO.ClHO4.Mn/c1-28-27-37-34(36(28)29-17-7-2-8-18-29)35(38(30-19-9-3-10-20-30)31-21-11-4-12-22-31)39(32-23-13-5-14-24-32)33-25-15-6-16-26-33;4*1-2;2-1(3,4)5;/h2-27H,1H3;;;;;(H,2,3,4,5);/p-1. The van der Waals surface area contributed by atoms with Gasteiger partial charge in [0.25, 0.3) is 0 Å². The fourth-order valence-corrected chi connectivity index (χ4v) is 11.2. The van der Waals surface area contributed by atoms with Gasteiger partial charge in [-0.1, -0.05) is 140 Å². The van der Waals surface area contributed by atoms with Crippen molar-refractivity contribution in [1.82, 2.24) is 0 Å². The molecule has 14 heteroatoms. The summed E-state index contributed by atoms with van der Waals surface area (Å²) < 4.78 is 70.6. The Hall–Kier alpha value is -4.35. The van der Waals surface area contributed by atoms with E-state index >= 15 is 0 Å². The van der Waals surface area contributed by atoms with E-state index < -0.39 is 26.1 Å². The molecule has 0 spiro atoms. The van der Waals surface area contributed by atoms with Crippen LogP contribution >= 0.6 is 15.8 Å². The molecule has 10 nitrogen and oxygen atoms in total. The van der Waals surface area contributed by atoms with E-state index in [9.17, 15) is 0 Å². The van der Waals surface area contributed by atoms with E-state index in [1.807, 2.05) is 6.26 Å². The van der Waals surface area contributed by atoms with Gasteiger partial charge in [0.1, 0.15) is 6.26 Å². The van der Waals surface area contributed by atoms with E-state index in [0.717, 1.165) is 17.3 Å². The van der Waals surface area contributed by atoms with Gasteiger partial charge in [0.15, 0.2) is 0 Å². The second kappa shape index (κ2) is 27.3. The molecule has 0 unspecified atom stereocenters. The Morgan fingerprint density at radius 3 is 1.02 bits per heavy atom. The summed E-state index contributed by atoms with van der Waals surface area (Å²) in [6.45, 7) is 20.1. The van der Waals surface area contributed by atoms with Gasteiger partial charge in [-0.15, -0.1) is 10.2 Å². The molecule has 6 rings (SSSR count). The number of hydrogen-bond donors (Lipinski definition) is 0. The summed E-state index contributed by atoms with van der Waals surface area (Å²) in [5, 5.41) is 6.55. The molecule has 0 fully saturated rings. The van der Waals surface area contributed by atoms with Crippen molar-refractivity contribution in [3.63, 3.8) is 0 Å². The molecule has 0 N–H and O–H groups in total. The van der Waals surface area contributed by atoms with Gasteiger partial charge in [0.2, 0.25) is 5.88 Å². The molecule has 1 aliphatic rings. The summed E-state index contributed by atoms with van der Waals surface area (Å²) in [6, 6.07) is 54.3. The summed E-state index contributed by atoms with van der Waals surface area (Å²) >= 11 is 0. The largest absolute Gasteiger partial charge is 0.222 e. The van der Waals surface area contributed by atoms with Crippen molar-refractivity contribution in [2.75, 3.05) is 4.90 Å². The molecule has 0 saturated heterocycles. The molecule has 0 amide bonds. The smallest absolute Gasteiger partial charge is 0 e. The van der Waals surface area contributed by atoms with Crippen LogP contribution in [0.1, 0.15) is 6.92 Å². The Morgan fingerprint density at radius 1 is 0.509 bits per heavy atom. The van der Waals surface area contributed by atoms with E-state index in [4.69, 9.17) is 42.0 Å². The van der Waals surface area contributed by atoms with Crippen LogP contribution in [-0.4, -0.2) is 0 Å². The third kappa shape index (κ3) is 15.3. The van der Waals surface area contributed by atoms with Gasteiger partial charge in [0, 0.05) is 22.8 Å². The quantitative estimate of drug-likeness (QED) is 0.105. The molecule has 0 bridgehead atoms. The first kappa shape index (κ1) is 48.6. The van der Waals surface area contributed by atoms with E-state index in [0.29, 0.717) is 0 Å². The van der Waals surface area contributed by atoms with E-state index in [1.54, 1.807) is 0 Å². The molecule has 0 aromatic heterocycles. The summed E-state index contributed by atoms with van der Waals surface area (Å²) in [5.41, 5.74) is 2.17. The van der Waals surface area contributed by atoms with Crippen LogP contribution in [0.5, 0.6) is 0 Å². The van der Waals surface area contributed by atoms with Gasteiger partial charge in [-0.05, 0) is 56.1 Å². The van der Waals surface area contributed by atoms with Crippen LogP contribution in [0.3, 0.4) is 0 Å². The average molecular weight is 808 g/mol. The Morgan fingerprint density at radius 2 is 0.755 bits per heavy atom. The van der Waals surface area contributed by atoms with Crippen molar-refractivity contribution in [3.05, 3.63) is 201 Å². The minimum atomic E-state index is -4.94. The molecule has 0 atom stereocenters. The van der Waals surface area contributed by atoms with Crippen LogP contribution < -0.4 is 44.8 Å². The number of benzene rings is 5. The van der Waals surface area contributed by atoms with Gasteiger partial charge in [-0.25, -0.2) is 18.6 Å². The van der Waals surface area contributed by atoms with Crippen molar-refractivity contribution in [2.45, 2.75) is 6.92 Å². The van der Waals surface area contributed by atoms with Crippen LogP contribution in [0.4, 0.5) is 5.69 Å². The van der Waals surface area contributed by atoms with Crippen LogP contribution in [0.2, 0.25) is 0 Å². The average Bonchev–Trinajstić information content (AvgIpc) is 3.59. The Balaban J connectivity index is 0.00000172. The predicted octanol–water partition coefficient (Wildman–Crippen LogP) is 2.87. The SMILES string of the molecule is CC1=COC(=C(P(c2ccccc2)c2ccccc2)P(c2ccccc2)c2ccccc2)N1c1ccccc1.[C-]#[O+].[C-]#[O+].[C-]#[O+].[C-]#[O+].[Mn].[O-][Cl+3]([O-])([O-])[O-]. The Kier molecular flexibility index (Phi) is 25.0. The van der Waals surface area contributed by atoms with Crippen molar-refractivity contribution < 1.29 is 69.3 Å². The zero-order valence-electron chi connectivity index (χ0n) is 27.8. The monoisotopic (exact) mass is 807 g/mol. The molecule has 1 aliphatic heterocycles. The second-order valence-electron chi connectivity index (χ2n) is 9.57. The minimum Gasteiger partial charge on any atom is -0.222 e. The maximum absolute atomic E-state index is 8.49. The number of ether oxygens (including phenoxy) is 1. The topological polar surface area (TPSA) is 184 Å². The first-order valence-corrected chi connectivity index (χ1v) is 18.4. The van der Waals surface area contributed by atoms with Crippen molar-refractivity contribution in [3.8, 4) is 0 Å². The zero-order valence-corrected chi connectivity index (χ0v) is 31.5. The van der Waals surface area contributed by atoms with E-state index in [1.165, 1.54) is 26.3 Å². The van der Waals surface area contributed by atoms with Crippen LogP contribution in [0.15, 0.2) is 175 Å². The molecular formula is C39H29ClMnNO9P2-. The maximum atomic E-state index is 8.49. The molecule has 0 saturated carbocycles. The van der Waals surface area contributed by atoms with Gasteiger partial charge in [-0.2, -0.15) is 0 Å². The maximum Gasteiger partial charge on any atom is 0 e. The number of nitrogens with zero attached hydrogens (tertiary/aromatic N) is 1. The first-order chi connectivity index (χ1) is 25.3. The van der Waals surface area contributed by atoms with Crippen molar-refractivity contribution in [1.29, 1.82) is 0 Å². The number of para-hydroxylation sites is 1. The van der Waals surface area contributed by atoms with Gasteiger partial charge < -0.3 is 4.74 Å². The summed E-state index contributed by atoms with van der Waals surface area (Å²) in [7, 11) is -6.82. The summed E-state index contributed by atoms with van der Waals surface area (Å²) in [6.07, 6.45) is 1.90. The van der Waals surface area contributed by atoms with Crippen LogP contribution in [0.25, 0.3) is 0 Å². The Bertz CT molecular complexity index is 1700. The molecule has 5 aromatic rings. The van der Waals surface area contributed by atoms with Crippen molar-refractivity contribution in [2.24, 2.45) is 0 Å². The normalized spacial score (nSPS) is 10.8. The predicted molar refractivity (Wildman–Crippen MR) is 185 cm³/mol. The van der Waals surface area contributed by atoms with Crippen LogP contribution in [-0.2, 0) is 40.4 Å². The van der Waals surface area contributed by atoms with Crippen LogP contribution in [0, 0.1) is 36.8 Å². The van der Waals surface area contributed by atoms with Crippen molar-refractivity contribution >= 4 is 42.7 Å². The molecule has 1 heterocycles.